The zero-order valence-electron chi connectivity index (χ0n) is 25.8. The molecule has 0 spiro atoms. The molecular weight excluding hydrogens is 574 g/mol. The van der Waals surface area contributed by atoms with Gasteiger partial charge in [-0.1, -0.05) is 6.42 Å². The highest BCUT2D eigenvalue weighted by Gasteiger charge is 2.50. The highest BCUT2D eigenvalue weighted by molar-refractivity contribution is 6.33. The number of anilines is 3. The third-order valence-corrected chi connectivity index (χ3v) is 9.79. The van der Waals surface area contributed by atoms with Crippen LogP contribution in [0.4, 0.5) is 21.9 Å². The van der Waals surface area contributed by atoms with Crippen molar-refractivity contribution in [2.24, 2.45) is 11.8 Å². The second-order valence-electron chi connectivity index (χ2n) is 12.7. The Morgan fingerprint density at radius 3 is 2.22 bits per heavy atom. The molecule has 45 heavy (non-hydrogen) atoms. The van der Waals surface area contributed by atoms with Crippen LogP contribution in [-0.4, -0.2) is 73.6 Å². The molecule has 2 heterocycles. The molecule has 2 aliphatic carbocycles. The van der Waals surface area contributed by atoms with Gasteiger partial charge in [-0.25, -0.2) is 9.59 Å². The van der Waals surface area contributed by atoms with Gasteiger partial charge in [0.15, 0.2) is 0 Å². The number of esters is 1. The lowest BCUT2D eigenvalue weighted by atomic mass is 10.0. The fourth-order valence-corrected chi connectivity index (χ4v) is 7.47. The molecule has 240 valence electrons. The van der Waals surface area contributed by atoms with Gasteiger partial charge in [-0.3, -0.25) is 9.59 Å². The summed E-state index contributed by atoms with van der Waals surface area (Å²) in [6, 6.07) is 14.2. The Morgan fingerprint density at radius 2 is 1.53 bits per heavy atom. The molecule has 4 amide bonds. The molecule has 6 rings (SSSR count). The number of hydrogen-bond acceptors (Lipinski definition) is 7. The molecule has 2 unspecified atom stereocenters. The lowest BCUT2D eigenvalue weighted by Crippen LogP contribution is -2.51. The first-order valence-corrected chi connectivity index (χ1v) is 16.3. The first kappa shape index (κ1) is 30.7. The van der Waals surface area contributed by atoms with E-state index in [1.54, 1.807) is 0 Å². The molecule has 0 aromatic heterocycles. The van der Waals surface area contributed by atoms with E-state index in [1.807, 2.05) is 48.5 Å². The topological polar surface area (TPSA) is 129 Å². The summed E-state index contributed by atoms with van der Waals surface area (Å²) in [6.45, 7) is 2.15. The van der Waals surface area contributed by atoms with E-state index in [9.17, 15) is 19.2 Å². The Balaban J connectivity index is 0.950. The molecule has 0 radical (unpaired) electrons. The molecule has 3 N–H and O–H groups in total. The van der Waals surface area contributed by atoms with Crippen LogP contribution < -0.4 is 25.6 Å². The fraction of sp³-hybridized carbons (Fsp3) is 0.529. The van der Waals surface area contributed by atoms with Gasteiger partial charge in [-0.15, -0.1) is 0 Å². The normalized spacial score (nSPS) is 24.3. The number of benzene rings is 2. The number of nitrogens with zero attached hydrogens (tertiary/aromatic N) is 2. The average molecular weight is 618 g/mol. The standard InChI is InChI=1S/C34H43N5O6/c1-44-33(42)32(41)39-29-8-4-5-23(29)19-30(39)31(40)35-20-22-17-18-38(21-22)26-13-9-24(10-14-26)36-34(43)37-25-11-15-28(16-12-25)45-27-6-2-3-7-27/h9-16,22-23,27,29-30H,2-8,17-21H2,1H3,(H,35,40)(H2,36,37,43)/t22?,23-,29-,30?/m0/s1. The maximum Gasteiger partial charge on any atom is 0.396 e. The second-order valence-corrected chi connectivity index (χ2v) is 12.7. The molecule has 2 aliphatic heterocycles. The van der Waals surface area contributed by atoms with Crippen LogP contribution in [0.15, 0.2) is 48.5 Å². The fourth-order valence-electron chi connectivity index (χ4n) is 7.47. The molecule has 0 bridgehead atoms. The summed E-state index contributed by atoms with van der Waals surface area (Å²) in [4.78, 5) is 54.3. The minimum atomic E-state index is -0.913. The van der Waals surface area contributed by atoms with Crippen molar-refractivity contribution in [3.05, 3.63) is 48.5 Å². The molecule has 11 nitrogen and oxygen atoms in total. The van der Waals surface area contributed by atoms with Crippen molar-refractivity contribution < 1.29 is 28.7 Å². The summed E-state index contributed by atoms with van der Waals surface area (Å²) in [5.41, 5.74) is 2.43. The Kier molecular flexibility index (Phi) is 9.42. The molecule has 2 saturated carbocycles. The van der Waals surface area contributed by atoms with Crippen molar-refractivity contribution in [2.75, 3.05) is 42.3 Å². The van der Waals surface area contributed by atoms with Crippen molar-refractivity contribution in [3.63, 3.8) is 0 Å². The molecule has 2 saturated heterocycles. The van der Waals surface area contributed by atoms with Gasteiger partial charge in [-0.05, 0) is 112 Å². The first-order chi connectivity index (χ1) is 21.9. The maximum absolute atomic E-state index is 13.2. The van der Waals surface area contributed by atoms with Gasteiger partial charge >= 0.3 is 17.9 Å². The smallest absolute Gasteiger partial charge is 0.396 e. The number of carbonyl (C=O) groups excluding carboxylic acids is 4. The third kappa shape index (κ3) is 7.18. The molecule has 4 fully saturated rings. The van der Waals surface area contributed by atoms with Crippen molar-refractivity contribution >= 4 is 40.9 Å². The van der Waals surface area contributed by atoms with E-state index in [0.717, 1.165) is 63.1 Å². The Hall–Kier alpha value is -4.28. The summed E-state index contributed by atoms with van der Waals surface area (Å²) < 4.78 is 10.7. The number of likely N-dealkylation sites (tertiary alicyclic amines) is 1. The van der Waals surface area contributed by atoms with Crippen molar-refractivity contribution in [1.29, 1.82) is 0 Å². The zero-order chi connectivity index (χ0) is 31.3. The highest BCUT2D eigenvalue weighted by atomic mass is 16.5. The summed E-state index contributed by atoms with van der Waals surface area (Å²) >= 11 is 0. The van der Waals surface area contributed by atoms with Crippen LogP contribution in [0.25, 0.3) is 0 Å². The van der Waals surface area contributed by atoms with Crippen molar-refractivity contribution in [2.45, 2.75) is 76.0 Å². The summed E-state index contributed by atoms with van der Waals surface area (Å²) in [5, 5.41) is 8.81. The number of amides is 4. The monoisotopic (exact) mass is 617 g/mol. The average Bonchev–Trinajstić information content (AvgIpc) is 3.86. The van der Waals surface area contributed by atoms with Crippen LogP contribution in [-0.2, 0) is 19.1 Å². The van der Waals surface area contributed by atoms with Gasteiger partial charge < -0.3 is 35.2 Å². The van der Waals surface area contributed by atoms with Crippen LogP contribution in [0.3, 0.4) is 0 Å². The number of rotatable bonds is 8. The van der Waals surface area contributed by atoms with Gasteiger partial charge in [0.1, 0.15) is 11.8 Å². The lowest BCUT2D eigenvalue weighted by Gasteiger charge is -2.28. The number of ether oxygens (including phenoxy) is 2. The SMILES string of the molecule is COC(=O)C(=O)N1C(C(=O)NCC2CCN(c3ccc(NC(=O)Nc4ccc(OC5CCCC5)cc4)cc3)C2)C[C@@H]2CCC[C@@H]21. The van der Waals surface area contributed by atoms with Gasteiger partial charge in [0.05, 0.1) is 13.2 Å². The number of hydrogen-bond donors (Lipinski definition) is 3. The minimum absolute atomic E-state index is 0.0644. The highest BCUT2D eigenvalue weighted by Crippen LogP contribution is 2.41. The molecule has 4 atom stereocenters. The summed E-state index contributed by atoms with van der Waals surface area (Å²) in [7, 11) is 1.19. The number of methoxy groups -OCH3 is 1. The first-order valence-electron chi connectivity index (χ1n) is 16.3. The van der Waals surface area contributed by atoms with Crippen molar-refractivity contribution in [3.8, 4) is 5.75 Å². The van der Waals surface area contributed by atoms with E-state index in [1.165, 1.54) is 24.9 Å². The number of fused-ring (bicyclic) bond motifs is 1. The van der Waals surface area contributed by atoms with E-state index in [4.69, 9.17) is 4.74 Å². The lowest BCUT2D eigenvalue weighted by molar-refractivity contribution is -0.160. The third-order valence-electron chi connectivity index (χ3n) is 9.79. The number of carbonyl (C=O) groups is 4. The Morgan fingerprint density at radius 1 is 0.844 bits per heavy atom. The van der Waals surface area contributed by atoms with Gasteiger partial charge in [0, 0.05) is 42.7 Å². The van der Waals surface area contributed by atoms with E-state index >= 15 is 0 Å². The number of urea groups is 1. The largest absolute Gasteiger partial charge is 0.490 e. The van der Waals surface area contributed by atoms with E-state index < -0.39 is 17.9 Å². The molecule has 4 aliphatic rings. The zero-order valence-corrected chi connectivity index (χ0v) is 25.8. The molecule has 11 heteroatoms. The van der Waals surface area contributed by atoms with E-state index in [2.05, 4.69) is 25.6 Å². The predicted octanol–water partition coefficient (Wildman–Crippen LogP) is 4.54. The van der Waals surface area contributed by atoms with Gasteiger partial charge in [0.25, 0.3) is 0 Å². The number of nitrogens with one attached hydrogen (secondary N) is 3. The predicted molar refractivity (Wildman–Crippen MR) is 170 cm³/mol. The maximum atomic E-state index is 13.2. The van der Waals surface area contributed by atoms with Crippen LogP contribution in [0.2, 0.25) is 0 Å². The Labute approximate surface area is 264 Å². The van der Waals surface area contributed by atoms with Crippen LogP contribution in [0.1, 0.15) is 57.8 Å². The van der Waals surface area contributed by atoms with Crippen molar-refractivity contribution in [1.82, 2.24) is 10.2 Å². The van der Waals surface area contributed by atoms with Gasteiger partial charge in [-0.2, -0.15) is 0 Å². The van der Waals surface area contributed by atoms with Crippen LogP contribution in [0, 0.1) is 11.8 Å². The molecule has 2 aromatic rings. The molecule has 2 aromatic carbocycles. The quantitative estimate of drug-likeness (QED) is 0.293. The second kappa shape index (κ2) is 13.8. The van der Waals surface area contributed by atoms with E-state index in [-0.39, 0.29) is 29.8 Å². The summed E-state index contributed by atoms with van der Waals surface area (Å²) in [6.07, 6.45) is 9.24. The summed E-state index contributed by atoms with van der Waals surface area (Å²) in [5.74, 6) is -0.478. The van der Waals surface area contributed by atoms with Crippen LogP contribution >= 0.6 is 0 Å². The minimum Gasteiger partial charge on any atom is -0.490 e. The van der Waals surface area contributed by atoms with Crippen LogP contribution in [0.5, 0.6) is 5.75 Å². The van der Waals surface area contributed by atoms with Gasteiger partial charge in [0.2, 0.25) is 5.91 Å². The molecular formula is C34H43N5O6. The van der Waals surface area contributed by atoms with E-state index in [0.29, 0.717) is 30.4 Å². The Bertz CT molecular complexity index is 1380.